The Bertz CT molecular complexity index is 362. The largest absolute Gasteiger partial charge is 0.487 e. The number of nitriles is 1. The fraction of sp³-hybridized carbons (Fsp3) is 0.417. The molecule has 0 radical (unpaired) electrons. The lowest BCUT2D eigenvalue weighted by Crippen LogP contribution is -2.20. The average molecular weight is 225 g/mol. The minimum Gasteiger partial charge on any atom is -0.487 e. The van der Waals surface area contributed by atoms with E-state index in [0.717, 1.165) is 12.5 Å². The smallest absolute Gasteiger partial charge is 0.278 e. The Morgan fingerprint density at radius 1 is 1.31 bits per heavy atom. The van der Waals surface area contributed by atoms with Crippen LogP contribution in [0.5, 0.6) is 5.75 Å². The van der Waals surface area contributed by atoms with Crippen LogP contribution in [0.1, 0.15) is 18.9 Å². The second-order valence-electron chi connectivity index (χ2n) is 3.66. The number of benzene rings is 1. The normalized spacial score (nSPS) is 10.9. The predicted molar refractivity (Wildman–Crippen MR) is 56.5 cm³/mol. The fourth-order valence-corrected chi connectivity index (χ4v) is 1.16. The first-order valence-electron chi connectivity index (χ1n) is 4.98. The number of hydrogen-bond acceptors (Lipinski definition) is 2. The van der Waals surface area contributed by atoms with Gasteiger partial charge in [-0.05, 0) is 24.1 Å². The molecule has 0 aliphatic rings. The topological polar surface area (TPSA) is 33.0 Å². The van der Waals surface area contributed by atoms with Crippen LogP contribution in [0.4, 0.5) is 8.78 Å². The van der Waals surface area contributed by atoms with Crippen molar-refractivity contribution in [3.05, 3.63) is 29.8 Å². The maximum absolute atomic E-state index is 12.5. The molecule has 0 amide bonds. The van der Waals surface area contributed by atoms with Crippen molar-refractivity contribution in [1.29, 1.82) is 5.26 Å². The molecule has 0 aliphatic heterocycles. The maximum Gasteiger partial charge on any atom is 0.278 e. The highest BCUT2D eigenvalue weighted by molar-refractivity contribution is 5.27. The van der Waals surface area contributed by atoms with Crippen molar-refractivity contribution >= 4 is 0 Å². The summed E-state index contributed by atoms with van der Waals surface area (Å²) in [6, 6.07) is 8.88. The van der Waals surface area contributed by atoms with Crippen LogP contribution in [0.25, 0.3) is 0 Å². The molecule has 0 spiro atoms. The van der Waals surface area contributed by atoms with Crippen LogP contribution in [0, 0.1) is 11.3 Å². The molecule has 1 aromatic carbocycles. The van der Waals surface area contributed by atoms with E-state index in [9.17, 15) is 8.78 Å². The summed E-state index contributed by atoms with van der Waals surface area (Å²) in [6.45, 7) is 0.193. The van der Waals surface area contributed by atoms with Gasteiger partial charge in [-0.15, -0.1) is 0 Å². The lowest BCUT2D eigenvalue weighted by Gasteiger charge is -2.12. The van der Waals surface area contributed by atoms with Gasteiger partial charge in [0.1, 0.15) is 5.75 Å². The average Bonchev–Trinajstić information content (AvgIpc) is 2.24. The Morgan fingerprint density at radius 2 is 1.94 bits per heavy atom. The summed E-state index contributed by atoms with van der Waals surface area (Å²) in [7, 11) is 0. The van der Waals surface area contributed by atoms with Crippen molar-refractivity contribution in [2.75, 3.05) is 6.61 Å². The van der Waals surface area contributed by atoms with E-state index in [4.69, 9.17) is 10.00 Å². The summed E-state index contributed by atoms with van der Waals surface area (Å²) in [5.41, 5.74) is 0.997. The Labute approximate surface area is 93.5 Å². The van der Waals surface area contributed by atoms with Gasteiger partial charge in [0.05, 0.1) is 6.07 Å². The predicted octanol–water partition coefficient (Wildman–Crippen LogP) is 3.18. The third kappa shape index (κ3) is 4.74. The molecule has 0 bridgehead atoms. The summed E-state index contributed by atoms with van der Waals surface area (Å²) in [5.74, 6) is -2.40. The van der Waals surface area contributed by atoms with E-state index < -0.39 is 12.5 Å². The molecule has 2 nitrogen and oxygen atoms in total. The first kappa shape index (κ1) is 12.4. The second-order valence-corrected chi connectivity index (χ2v) is 3.66. The molecule has 0 saturated heterocycles. The van der Waals surface area contributed by atoms with Crippen LogP contribution < -0.4 is 4.74 Å². The van der Waals surface area contributed by atoms with Gasteiger partial charge in [0, 0.05) is 13.3 Å². The molecule has 0 atom stereocenters. The van der Waals surface area contributed by atoms with Gasteiger partial charge in [-0.25, -0.2) is 8.78 Å². The molecule has 0 saturated carbocycles. The molecule has 16 heavy (non-hydrogen) atoms. The van der Waals surface area contributed by atoms with Crippen molar-refractivity contribution in [1.82, 2.24) is 0 Å². The summed E-state index contributed by atoms with van der Waals surface area (Å²) >= 11 is 0. The highest BCUT2D eigenvalue weighted by atomic mass is 19.3. The van der Waals surface area contributed by atoms with E-state index in [1.807, 2.05) is 6.07 Å². The van der Waals surface area contributed by atoms with Crippen LogP contribution in [-0.4, -0.2) is 12.5 Å². The molecule has 0 N–H and O–H groups in total. The van der Waals surface area contributed by atoms with Gasteiger partial charge in [-0.1, -0.05) is 12.1 Å². The number of rotatable bonds is 5. The molecule has 0 fully saturated rings. The number of halogens is 2. The number of aryl methyl sites for hydroxylation is 1. The molecule has 0 aromatic heterocycles. The zero-order chi connectivity index (χ0) is 12.0. The molecule has 4 heteroatoms. The van der Waals surface area contributed by atoms with Gasteiger partial charge in [0.2, 0.25) is 0 Å². The number of nitrogens with zero attached hydrogens (tertiary/aromatic N) is 1. The Morgan fingerprint density at radius 3 is 2.44 bits per heavy atom. The van der Waals surface area contributed by atoms with Gasteiger partial charge in [0.15, 0.2) is 6.61 Å². The minimum absolute atomic E-state index is 0.419. The number of hydrogen-bond donors (Lipinski definition) is 0. The summed E-state index contributed by atoms with van der Waals surface area (Å²) in [4.78, 5) is 0. The van der Waals surface area contributed by atoms with E-state index in [1.54, 1.807) is 24.3 Å². The number of ether oxygens (including phenoxy) is 1. The molecule has 0 aliphatic carbocycles. The summed E-state index contributed by atoms with van der Waals surface area (Å²) < 4.78 is 29.9. The van der Waals surface area contributed by atoms with E-state index in [2.05, 4.69) is 0 Å². The van der Waals surface area contributed by atoms with Crippen molar-refractivity contribution in [2.24, 2.45) is 0 Å². The van der Waals surface area contributed by atoms with Gasteiger partial charge < -0.3 is 4.74 Å². The first-order chi connectivity index (χ1) is 7.51. The van der Waals surface area contributed by atoms with Crippen LogP contribution in [-0.2, 0) is 6.42 Å². The highest BCUT2D eigenvalue weighted by Crippen LogP contribution is 2.17. The molecule has 0 unspecified atom stereocenters. The maximum atomic E-state index is 12.5. The third-order valence-corrected chi connectivity index (χ3v) is 1.94. The third-order valence-electron chi connectivity index (χ3n) is 1.94. The van der Waals surface area contributed by atoms with Gasteiger partial charge in [-0.2, -0.15) is 5.26 Å². The SMILES string of the molecule is CC(F)(F)COc1ccc(CCC#N)cc1. The van der Waals surface area contributed by atoms with Crippen LogP contribution in [0.3, 0.4) is 0 Å². The van der Waals surface area contributed by atoms with Crippen molar-refractivity contribution < 1.29 is 13.5 Å². The lowest BCUT2D eigenvalue weighted by molar-refractivity contribution is -0.0229. The van der Waals surface area contributed by atoms with E-state index in [-0.39, 0.29) is 0 Å². The molecular weight excluding hydrogens is 212 g/mol. The van der Waals surface area contributed by atoms with Crippen LogP contribution in [0.15, 0.2) is 24.3 Å². The van der Waals surface area contributed by atoms with Crippen LogP contribution >= 0.6 is 0 Å². The molecular formula is C12H13F2NO. The first-order valence-corrected chi connectivity index (χ1v) is 4.98. The van der Waals surface area contributed by atoms with E-state index in [0.29, 0.717) is 18.6 Å². The molecule has 1 aromatic rings. The summed E-state index contributed by atoms with van der Waals surface area (Å²) in [5, 5.41) is 8.40. The minimum atomic E-state index is -2.82. The van der Waals surface area contributed by atoms with Crippen LogP contribution in [0.2, 0.25) is 0 Å². The highest BCUT2D eigenvalue weighted by Gasteiger charge is 2.21. The zero-order valence-electron chi connectivity index (χ0n) is 9.04. The lowest BCUT2D eigenvalue weighted by atomic mass is 10.1. The van der Waals surface area contributed by atoms with Crippen molar-refractivity contribution in [3.63, 3.8) is 0 Å². The van der Waals surface area contributed by atoms with Gasteiger partial charge in [-0.3, -0.25) is 0 Å². The standard InChI is InChI=1S/C12H13F2NO/c1-12(13,14)9-16-11-6-4-10(5-7-11)3-2-8-15/h4-7H,2-3,9H2,1H3. The molecule has 1 rings (SSSR count). The Hall–Kier alpha value is -1.63. The Balaban J connectivity index is 2.49. The van der Waals surface area contributed by atoms with E-state index >= 15 is 0 Å². The van der Waals surface area contributed by atoms with Gasteiger partial charge in [0.25, 0.3) is 5.92 Å². The Kier molecular flexibility index (Phi) is 4.24. The van der Waals surface area contributed by atoms with Crippen molar-refractivity contribution in [3.8, 4) is 11.8 Å². The van der Waals surface area contributed by atoms with E-state index in [1.165, 1.54) is 0 Å². The molecule has 0 heterocycles. The number of alkyl halides is 2. The van der Waals surface area contributed by atoms with Crippen molar-refractivity contribution in [2.45, 2.75) is 25.7 Å². The summed E-state index contributed by atoms with van der Waals surface area (Å²) in [6.07, 6.45) is 1.12. The monoisotopic (exact) mass is 225 g/mol. The zero-order valence-corrected chi connectivity index (χ0v) is 9.04. The quantitative estimate of drug-likeness (QED) is 0.771. The fourth-order valence-electron chi connectivity index (χ4n) is 1.16. The van der Waals surface area contributed by atoms with Gasteiger partial charge >= 0.3 is 0 Å². The molecule has 86 valence electrons. The second kappa shape index (κ2) is 5.45.